The van der Waals surface area contributed by atoms with E-state index in [1.807, 2.05) is 29.9 Å². The number of halogens is 6. The van der Waals surface area contributed by atoms with Crippen molar-refractivity contribution in [3.05, 3.63) is 35.3 Å². The predicted molar refractivity (Wildman–Crippen MR) is 127 cm³/mol. The van der Waals surface area contributed by atoms with E-state index in [1.54, 1.807) is 0 Å². The summed E-state index contributed by atoms with van der Waals surface area (Å²) in [6, 6.07) is 6.30. The van der Waals surface area contributed by atoms with Crippen molar-refractivity contribution in [2.24, 2.45) is 0 Å². The van der Waals surface area contributed by atoms with Gasteiger partial charge in [-0.1, -0.05) is 5.21 Å². The molecule has 0 aliphatic carbocycles. The Hall–Kier alpha value is -3.98. The summed E-state index contributed by atoms with van der Waals surface area (Å²) in [6.07, 6.45) is -5.60. The van der Waals surface area contributed by atoms with Gasteiger partial charge in [0.2, 0.25) is 0 Å². The number of aryl methyl sites for hydroxylation is 1. The first kappa shape index (κ1) is 33.2. The standard InChI is InChI=1S/C19H25N7O.2C2HF3O2/c1-14-2-3-15(10-20)19(21-14)25-8-4-17(5-9-25)26-12-16(22-23-26)11-24-7-6-18(27)13-24;2*3-2(4,5)1(6)7/h2-3,12,17-18,27H,4-9,11,13H2,1H3;2*(H,6,7)/t18-;;/m1../s1. The third-order valence-corrected chi connectivity index (χ3v) is 5.95. The minimum atomic E-state index is -5.08. The summed E-state index contributed by atoms with van der Waals surface area (Å²) >= 11 is 0. The van der Waals surface area contributed by atoms with E-state index in [0.717, 1.165) is 69.2 Å². The molecule has 2 aromatic rings. The molecule has 0 saturated carbocycles. The summed E-state index contributed by atoms with van der Waals surface area (Å²) in [5.74, 6) is -4.72. The molecule has 2 aliphatic heterocycles. The Morgan fingerprint density at radius 3 is 2.05 bits per heavy atom. The van der Waals surface area contributed by atoms with E-state index in [1.165, 1.54) is 0 Å². The van der Waals surface area contributed by atoms with Crippen LogP contribution in [-0.4, -0.2) is 96.8 Å². The number of nitriles is 1. The Labute approximate surface area is 229 Å². The van der Waals surface area contributed by atoms with Gasteiger partial charge in [-0.05, 0) is 38.3 Å². The SMILES string of the molecule is Cc1ccc(C#N)c(N2CCC(n3cc(CN4CC[C@@H](O)C4)nn3)CC2)n1.O=C(O)C(F)(F)F.O=C(O)C(F)(F)F. The van der Waals surface area contributed by atoms with Crippen LogP contribution >= 0.6 is 0 Å². The maximum atomic E-state index is 10.6. The highest BCUT2D eigenvalue weighted by molar-refractivity contribution is 5.73. The van der Waals surface area contributed by atoms with Crippen LogP contribution in [0, 0.1) is 18.3 Å². The zero-order valence-electron chi connectivity index (χ0n) is 21.6. The molecule has 1 atom stereocenters. The van der Waals surface area contributed by atoms with Crippen LogP contribution in [0.4, 0.5) is 32.2 Å². The summed E-state index contributed by atoms with van der Waals surface area (Å²) in [4.78, 5) is 26.8. The maximum Gasteiger partial charge on any atom is 0.490 e. The first-order valence-corrected chi connectivity index (χ1v) is 12.0. The molecule has 2 fully saturated rings. The van der Waals surface area contributed by atoms with Crippen molar-refractivity contribution in [1.82, 2.24) is 24.9 Å². The number of carboxylic acids is 2. The molecule has 18 heteroatoms. The molecule has 4 rings (SSSR count). The predicted octanol–water partition coefficient (Wildman–Crippen LogP) is 2.53. The molecule has 0 spiro atoms. The molecular formula is C23H27F6N7O5. The number of anilines is 1. The van der Waals surface area contributed by atoms with E-state index >= 15 is 0 Å². The van der Waals surface area contributed by atoms with Crippen molar-refractivity contribution >= 4 is 17.8 Å². The second-order valence-electron chi connectivity index (χ2n) is 9.13. The van der Waals surface area contributed by atoms with Crippen LogP contribution in [0.5, 0.6) is 0 Å². The third kappa shape index (κ3) is 10.5. The molecule has 0 amide bonds. The molecule has 12 nitrogen and oxygen atoms in total. The molecule has 2 saturated heterocycles. The molecule has 226 valence electrons. The number of nitrogens with zero attached hydrogens (tertiary/aromatic N) is 7. The van der Waals surface area contributed by atoms with Crippen LogP contribution in [0.15, 0.2) is 18.3 Å². The van der Waals surface area contributed by atoms with Gasteiger partial charge in [-0.2, -0.15) is 31.6 Å². The molecule has 2 aromatic heterocycles. The quantitative estimate of drug-likeness (QED) is 0.444. The lowest BCUT2D eigenvalue weighted by Crippen LogP contribution is -2.36. The molecule has 3 N–H and O–H groups in total. The van der Waals surface area contributed by atoms with Gasteiger partial charge in [-0.15, -0.1) is 5.10 Å². The van der Waals surface area contributed by atoms with Crippen molar-refractivity contribution in [1.29, 1.82) is 5.26 Å². The van der Waals surface area contributed by atoms with Crippen molar-refractivity contribution < 1.29 is 51.3 Å². The second kappa shape index (κ2) is 14.1. The van der Waals surface area contributed by atoms with Crippen LogP contribution in [-0.2, 0) is 16.1 Å². The number of pyridine rings is 1. The number of carbonyl (C=O) groups is 2. The summed E-state index contributed by atoms with van der Waals surface area (Å²) in [5, 5.41) is 41.9. The Morgan fingerprint density at radius 1 is 1.02 bits per heavy atom. The van der Waals surface area contributed by atoms with Crippen LogP contribution < -0.4 is 4.90 Å². The Balaban J connectivity index is 0.000000349. The van der Waals surface area contributed by atoms with Gasteiger partial charge in [0, 0.05) is 38.4 Å². The summed E-state index contributed by atoms with van der Waals surface area (Å²) < 4.78 is 65.5. The largest absolute Gasteiger partial charge is 0.490 e. The fraction of sp³-hybridized carbons (Fsp3) is 0.565. The fourth-order valence-electron chi connectivity index (χ4n) is 3.96. The lowest BCUT2D eigenvalue weighted by molar-refractivity contribution is -0.193. The molecule has 41 heavy (non-hydrogen) atoms. The first-order chi connectivity index (χ1) is 19.0. The highest BCUT2D eigenvalue weighted by atomic mass is 19.4. The molecule has 2 aliphatic rings. The second-order valence-corrected chi connectivity index (χ2v) is 9.13. The number of hydrogen-bond acceptors (Lipinski definition) is 9. The highest BCUT2D eigenvalue weighted by Crippen LogP contribution is 2.27. The Kier molecular flexibility index (Phi) is 11.4. The van der Waals surface area contributed by atoms with Crippen LogP contribution in [0.2, 0.25) is 0 Å². The zero-order valence-corrected chi connectivity index (χ0v) is 21.6. The van der Waals surface area contributed by atoms with Crippen LogP contribution in [0.3, 0.4) is 0 Å². The van der Waals surface area contributed by atoms with E-state index in [-0.39, 0.29) is 6.10 Å². The van der Waals surface area contributed by atoms with E-state index in [4.69, 9.17) is 19.8 Å². The lowest BCUT2D eigenvalue weighted by atomic mass is 10.0. The fourth-order valence-corrected chi connectivity index (χ4v) is 3.96. The van der Waals surface area contributed by atoms with E-state index < -0.39 is 24.3 Å². The summed E-state index contributed by atoms with van der Waals surface area (Å²) in [6.45, 7) is 6.03. The normalized spacial score (nSPS) is 18.0. The van der Waals surface area contributed by atoms with Gasteiger partial charge in [-0.3, -0.25) is 4.90 Å². The van der Waals surface area contributed by atoms with Gasteiger partial charge in [-0.25, -0.2) is 19.3 Å². The zero-order chi connectivity index (χ0) is 31.0. The third-order valence-electron chi connectivity index (χ3n) is 5.95. The van der Waals surface area contributed by atoms with Crippen molar-refractivity contribution in [2.45, 2.75) is 57.2 Å². The van der Waals surface area contributed by atoms with Gasteiger partial charge >= 0.3 is 24.3 Å². The molecule has 0 bridgehead atoms. The van der Waals surface area contributed by atoms with Crippen LogP contribution in [0.1, 0.15) is 42.3 Å². The minimum Gasteiger partial charge on any atom is -0.475 e. The number of aliphatic hydroxyl groups is 1. The number of piperidine rings is 1. The summed E-state index contributed by atoms with van der Waals surface area (Å²) in [5.41, 5.74) is 2.52. The number of likely N-dealkylation sites (tertiary alicyclic amines) is 1. The summed E-state index contributed by atoms with van der Waals surface area (Å²) in [7, 11) is 0. The van der Waals surface area contributed by atoms with Crippen molar-refractivity contribution in [3.8, 4) is 6.07 Å². The smallest absolute Gasteiger partial charge is 0.475 e. The highest BCUT2D eigenvalue weighted by Gasteiger charge is 2.39. The number of aliphatic hydroxyl groups excluding tert-OH is 1. The number of rotatable bonds is 4. The minimum absolute atomic E-state index is 0.210. The van der Waals surface area contributed by atoms with E-state index in [0.29, 0.717) is 11.6 Å². The van der Waals surface area contributed by atoms with Gasteiger partial charge in [0.05, 0.1) is 29.6 Å². The van der Waals surface area contributed by atoms with Gasteiger partial charge < -0.3 is 20.2 Å². The number of aromatic nitrogens is 4. The molecular weight excluding hydrogens is 568 g/mol. The monoisotopic (exact) mass is 595 g/mol. The lowest BCUT2D eigenvalue weighted by Gasteiger charge is -2.33. The Morgan fingerprint density at radius 2 is 1.59 bits per heavy atom. The Bertz CT molecular complexity index is 1200. The van der Waals surface area contributed by atoms with Gasteiger partial charge in [0.25, 0.3) is 0 Å². The van der Waals surface area contributed by atoms with Gasteiger partial charge in [0.15, 0.2) is 0 Å². The topological polar surface area (TPSA) is 169 Å². The number of aliphatic carboxylic acids is 2. The van der Waals surface area contributed by atoms with Crippen LogP contribution in [0.25, 0.3) is 0 Å². The average Bonchev–Trinajstić information content (AvgIpc) is 3.52. The van der Waals surface area contributed by atoms with Crippen molar-refractivity contribution in [3.63, 3.8) is 0 Å². The number of β-amino-alcohol motifs (C(OH)–C–C–N with tert-alkyl or cyclic N) is 1. The molecule has 0 radical (unpaired) electrons. The number of hydrogen-bond donors (Lipinski definition) is 3. The molecule has 0 aromatic carbocycles. The van der Waals surface area contributed by atoms with Crippen molar-refractivity contribution in [2.75, 3.05) is 31.1 Å². The number of alkyl halides is 6. The number of carboxylic acid groups (broad SMARTS) is 2. The average molecular weight is 596 g/mol. The van der Waals surface area contributed by atoms with E-state index in [2.05, 4.69) is 31.2 Å². The van der Waals surface area contributed by atoms with E-state index in [9.17, 15) is 36.7 Å². The first-order valence-electron chi connectivity index (χ1n) is 12.0. The van der Waals surface area contributed by atoms with Gasteiger partial charge in [0.1, 0.15) is 11.9 Å². The molecule has 0 unspecified atom stereocenters. The maximum absolute atomic E-state index is 10.6. The molecule has 4 heterocycles.